The second-order valence-corrected chi connectivity index (χ2v) is 8.75. The normalized spacial score (nSPS) is 16.0. The molecule has 2 aromatic rings. The summed E-state index contributed by atoms with van der Waals surface area (Å²) in [5.74, 6) is 1.03. The molecule has 0 spiro atoms. The highest BCUT2D eigenvalue weighted by Crippen LogP contribution is 2.40. The van der Waals surface area contributed by atoms with Crippen LogP contribution in [0.4, 0.5) is 5.00 Å². The summed E-state index contributed by atoms with van der Waals surface area (Å²) < 4.78 is 4.95. The average molecular weight is 409 g/mol. The van der Waals surface area contributed by atoms with Crippen molar-refractivity contribution in [2.75, 3.05) is 18.2 Å². The maximum absolute atomic E-state index is 12.4. The smallest absolute Gasteiger partial charge is 0.341 e. The Labute approximate surface area is 166 Å². The van der Waals surface area contributed by atoms with E-state index >= 15 is 0 Å². The van der Waals surface area contributed by atoms with E-state index in [-0.39, 0.29) is 17.6 Å². The van der Waals surface area contributed by atoms with Crippen molar-refractivity contribution in [1.82, 2.24) is 15.2 Å². The Hall–Kier alpha value is -1.87. The minimum atomic E-state index is -0.386. The highest BCUT2D eigenvalue weighted by Gasteiger charge is 2.28. The highest BCUT2D eigenvalue weighted by atomic mass is 32.2. The van der Waals surface area contributed by atoms with Crippen LogP contribution in [0, 0.1) is 5.92 Å². The van der Waals surface area contributed by atoms with Crippen LogP contribution in [-0.2, 0) is 28.8 Å². The van der Waals surface area contributed by atoms with Gasteiger partial charge >= 0.3 is 5.97 Å². The minimum Gasteiger partial charge on any atom is -0.465 e. The summed E-state index contributed by atoms with van der Waals surface area (Å²) in [7, 11) is 1.37. The molecule has 9 heteroatoms. The van der Waals surface area contributed by atoms with Gasteiger partial charge in [-0.2, -0.15) is 0 Å². The SMILES string of the molecule is CCCc1nc(SCC(=O)Nc2sc3c(c2C(=O)OC)CC[C@@H](C)C3)n[nH]1. The number of nitrogens with one attached hydrogen (secondary N) is 2. The van der Waals surface area contributed by atoms with E-state index in [1.807, 2.05) is 0 Å². The Morgan fingerprint density at radius 2 is 2.26 bits per heavy atom. The second kappa shape index (κ2) is 8.88. The number of aromatic nitrogens is 3. The molecule has 3 rings (SSSR count). The number of anilines is 1. The lowest BCUT2D eigenvalue weighted by atomic mass is 9.88. The first-order chi connectivity index (χ1) is 13.0. The van der Waals surface area contributed by atoms with Gasteiger partial charge in [-0.15, -0.1) is 16.4 Å². The molecule has 27 heavy (non-hydrogen) atoms. The first-order valence-electron chi connectivity index (χ1n) is 9.08. The molecule has 1 atom stereocenters. The van der Waals surface area contributed by atoms with E-state index < -0.39 is 0 Å². The lowest BCUT2D eigenvalue weighted by Gasteiger charge is -2.18. The highest BCUT2D eigenvalue weighted by molar-refractivity contribution is 7.99. The Bertz CT molecular complexity index is 831. The van der Waals surface area contributed by atoms with Gasteiger partial charge in [-0.3, -0.25) is 9.89 Å². The van der Waals surface area contributed by atoms with Gasteiger partial charge in [-0.05, 0) is 37.2 Å². The molecule has 2 heterocycles. The number of fused-ring (bicyclic) bond motifs is 1. The molecule has 0 radical (unpaired) electrons. The van der Waals surface area contributed by atoms with Crippen LogP contribution >= 0.6 is 23.1 Å². The summed E-state index contributed by atoms with van der Waals surface area (Å²) in [4.78, 5) is 30.2. The number of hydrogen-bond donors (Lipinski definition) is 2. The van der Waals surface area contributed by atoms with Crippen molar-refractivity contribution in [3.05, 3.63) is 21.8 Å². The second-order valence-electron chi connectivity index (χ2n) is 6.70. The first-order valence-corrected chi connectivity index (χ1v) is 10.9. The molecule has 0 saturated carbocycles. The van der Waals surface area contributed by atoms with Crippen LogP contribution in [-0.4, -0.2) is 39.9 Å². The number of methoxy groups -OCH3 is 1. The van der Waals surface area contributed by atoms with E-state index in [0.29, 0.717) is 21.6 Å². The van der Waals surface area contributed by atoms with Gasteiger partial charge in [-0.25, -0.2) is 9.78 Å². The summed E-state index contributed by atoms with van der Waals surface area (Å²) in [6, 6.07) is 0. The number of esters is 1. The summed E-state index contributed by atoms with van der Waals surface area (Å²) in [5.41, 5.74) is 1.55. The van der Waals surface area contributed by atoms with Gasteiger partial charge in [0.15, 0.2) is 0 Å². The van der Waals surface area contributed by atoms with Gasteiger partial charge in [0.2, 0.25) is 11.1 Å². The maximum atomic E-state index is 12.4. The molecule has 7 nitrogen and oxygen atoms in total. The van der Waals surface area contributed by atoms with E-state index in [1.165, 1.54) is 35.1 Å². The Balaban J connectivity index is 1.68. The number of thiophene rings is 1. The van der Waals surface area contributed by atoms with Crippen molar-refractivity contribution in [2.45, 2.75) is 51.1 Å². The zero-order valence-electron chi connectivity index (χ0n) is 15.8. The lowest BCUT2D eigenvalue weighted by molar-refractivity contribution is -0.113. The molecular weight excluding hydrogens is 384 g/mol. The number of aromatic amines is 1. The number of hydrogen-bond acceptors (Lipinski definition) is 7. The quantitative estimate of drug-likeness (QED) is 0.538. The first kappa shape index (κ1) is 19.9. The van der Waals surface area contributed by atoms with Gasteiger partial charge in [0.1, 0.15) is 10.8 Å². The van der Waals surface area contributed by atoms with Crippen molar-refractivity contribution in [2.24, 2.45) is 5.92 Å². The predicted molar refractivity (Wildman–Crippen MR) is 107 cm³/mol. The van der Waals surface area contributed by atoms with Gasteiger partial charge < -0.3 is 10.1 Å². The fourth-order valence-electron chi connectivity index (χ4n) is 3.14. The number of amides is 1. The number of ether oxygens (including phenoxy) is 1. The standard InChI is InChI=1S/C18H24N4O3S2/c1-4-5-13-19-18(22-21-13)26-9-14(23)20-16-15(17(24)25-3)11-7-6-10(2)8-12(11)27-16/h10H,4-9H2,1-3H3,(H,20,23)(H,19,21,22)/t10-/m1/s1. The van der Waals surface area contributed by atoms with E-state index in [9.17, 15) is 9.59 Å². The van der Waals surface area contributed by atoms with Crippen molar-refractivity contribution < 1.29 is 14.3 Å². The summed E-state index contributed by atoms with van der Waals surface area (Å²) >= 11 is 2.76. The third-order valence-electron chi connectivity index (χ3n) is 4.48. The monoisotopic (exact) mass is 408 g/mol. The van der Waals surface area contributed by atoms with Gasteiger partial charge in [0, 0.05) is 11.3 Å². The molecule has 146 valence electrons. The average Bonchev–Trinajstić information content (AvgIpc) is 3.23. The number of carbonyl (C=O) groups excluding carboxylic acids is 2. The third kappa shape index (κ3) is 4.70. The number of nitrogens with zero attached hydrogens (tertiary/aromatic N) is 2. The molecule has 0 aromatic carbocycles. The molecular formula is C18H24N4O3S2. The Morgan fingerprint density at radius 1 is 1.44 bits per heavy atom. The van der Waals surface area contributed by atoms with Crippen LogP contribution in [0.3, 0.4) is 0 Å². The number of aryl methyl sites for hydroxylation is 1. The van der Waals surface area contributed by atoms with Crippen LogP contribution in [0.2, 0.25) is 0 Å². The van der Waals surface area contributed by atoms with Crippen molar-refractivity contribution >= 4 is 40.0 Å². The Kier molecular flexibility index (Phi) is 6.54. The summed E-state index contributed by atoms with van der Waals surface area (Å²) in [5, 5.41) is 11.0. The summed E-state index contributed by atoms with van der Waals surface area (Å²) in [6.45, 7) is 4.28. The van der Waals surface area contributed by atoms with Crippen LogP contribution < -0.4 is 5.32 Å². The lowest BCUT2D eigenvalue weighted by Crippen LogP contribution is -2.17. The molecule has 1 aliphatic rings. The van der Waals surface area contributed by atoms with Crippen molar-refractivity contribution in [3.63, 3.8) is 0 Å². The molecule has 1 aliphatic carbocycles. The van der Waals surface area contributed by atoms with E-state index in [0.717, 1.165) is 43.5 Å². The van der Waals surface area contributed by atoms with Crippen LogP contribution in [0.5, 0.6) is 0 Å². The minimum absolute atomic E-state index is 0.182. The molecule has 0 bridgehead atoms. The van der Waals surface area contributed by atoms with Gasteiger partial charge in [-0.1, -0.05) is 25.6 Å². The van der Waals surface area contributed by atoms with E-state index in [4.69, 9.17) is 4.74 Å². The van der Waals surface area contributed by atoms with Crippen molar-refractivity contribution in [3.8, 4) is 0 Å². The maximum Gasteiger partial charge on any atom is 0.341 e. The zero-order valence-corrected chi connectivity index (χ0v) is 17.4. The third-order valence-corrected chi connectivity index (χ3v) is 6.50. The van der Waals surface area contributed by atoms with Crippen LogP contribution in [0.1, 0.15) is 53.3 Å². The topological polar surface area (TPSA) is 97.0 Å². The number of H-pyrrole nitrogens is 1. The molecule has 2 N–H and O–H groups in total. The molecule has 0 aliphatic heterocycles. The molecule has 2 aromatic heterocycles. The fourth-order valence-corrected chi connectivity index (χ4v) is 5.17. The number of thioether (sulfide) groups is 1. The van der Waals surface area contributed by atoms with E-state index in [1.54, 1.807) is 0 Å². The number of carbonyl (C=O) groups is 2. The molecule has 0 unspecified atom stereocenters. The van der Waals surface area contributed by atoms with Crippen LogP contribution in [0.25, 0.3) is 0 Å². The molecule has 0 saturated heterocycles. The van der Waals surface area contributed by atoms with Gasteiger partial charge in [0.05, 0.1) is 18.4 Å². The van der Waals surface area contributed by atoms with E-state index in [2.05, 4.69) is 34.3 Å². The van der Waals surface area contributed by atoms with Crippen molar-refractivity contribution in [1.29, 1.82) is 0 Å². The molecule has 1 amide bonds. The predicted octanol–water partition coefficient (Wildman–Crippen LogP) is 3.46. The summed E-state index contributed by atoms with van der Waals surface area (Å²) in [6.07, 6.45) is 4.65. The van der Waals surface area contributed by atoms with Gasteiger partial charge in [0.25, 0.3) is 0 Å². The Morgan fingerprint density at radius 3 is 3.00 bits per heavy atom. The fraction of sp³-hybridized carbons (Fsp3) is 0.556. The largest absolute Gasteiger partial charge is 0.465 e. The van der Waals surface area contributed by atoms with Crippen LogP contribution in [0.15, 0.2) is 5.16 Å². The number of rotatable bonds is 7. The molecule has 0 fully saturated rings. The zero-order chi connectivity index (χ0) is 19.4.